The maximum Gasteiger partial charge on any atom is 0.0366 e. The van der Waals surface area contributed by atoms with E-state index in [4.69, 9.17) is 0 Å². The van der Waals surface area contributed by atoms with E-state index in [2.05, 4.69) is 197 Å². The molecule has 6 heteroatoms. The Kier molecular flexibility index (Phi) is 27.3. The second-order valence-electron chi connectivity index (χ2n) is 13.9. The minimum Gasteiger partial charge on any atom is -0.372 e. The second kappa shape index (κ2) is 30.8. The van der Waals surface area contributed by atoms with Gasteiger partial charge in [-0.25, -0.2) is 0 Å². The van der Waals surface area contributed by atoms with Crippen molar-refractivity contribution >= 4 is 126 Å². The molecule has 0 spiro atoms. The van der Waals surface area contributed by atoms with E-state index >= 15 is 0 Å². The lowest BCUT2D eigenvalue weighted by Gasteiger charge is -2.25. The molecule has 2 nitrogen and oxygen atoms in total. The molecule has 3 aromatic carbocycles. The smallest absolute Gasteiger partial charge is 0.0366 e. The van der Waals surface area contributed by atoms with Crippen molar-refractivity contribution in [2.75, 3.05) is 53.7 Å². The highest BCUT2D eigenvalue weighted by Crippen LogP contribution is 2.22. The molecule has 52 heavy (non-hydrogen) atoms. The van der Waals surface area contributed by atoms with Crippen LogP contribution in [-0.4, -0.2) is 43.9 Å². The zero-order chi connectivity index (χ0) is 36.9. The van der Waals surface area contributed by atoms with Gasteiger partial charge in [-0.15, -0.1) is 0 Å². The molecule has 3 aromatic rings. The lowest BCUT2D eigenvalue weighted by molar-refractivity contribution is 0.612. The van der Waals surface area contributed by atoms with Gasteiger partial charge in [-0.1, -0.05) is 215 Å². The largest absolute Gasteiger partial charge is 0.372 e. The predicted molar refractivity (Wildman–Crippen MR) is 271 cm³/mol. The molecule has 0 aliphatic carbocycles. The van der Waals surface area contributed by atoms with E-state index in [1.807, 2.05) is 0 Å². The second-order valence-corrected chi connectivity index (χ2v) is 18.2. The number of anilines is 2. The molecule has 0 fully saturated rings. The third kappa shape index (κ3) is 20.5. The van der Waals surface area contributed by atoms with Crippen LogP contribution in [0.5, 0.6) is 0 Å². The molecule has 286 valence electrons. The molecule has 3 rings (SSSR count). The Morgan fingerprint density at radius 3 is 0.731 bits per heavy atom. The average Bonchev–Trinajstić information content (AvgIpc) is 3.18. The number of rotatable bonds is 30. The Balaban J connectivity index is 1.53. The molecule has 0 aromatic heterocycles. The normalized spacial score (nSPS) is 11.6. The zero-order valence-electron chi connectivity index (χ0n) is 31.6. The number of alkyl halides is 4. The minimum atomic E-state index is 1.17. The van der Waals surface area contributed by atoms with Crippen LogP contribution in [0.25, 0.3) is 24.3 Å². The molecule has 0 N–H and O–H groups in total. The molecule has 0 aliphatic rings. The third-order valence-electron chi connectivity index (χ3n) is 9.64. The zero-order valence-corrected chi connectivity index (χ0v) is 40.2. The molecular weight excluding hydrogens is 1090 g/mol. The van der Waals surface area contributed by atoms with Crippen molar-refractivity contribution in [2.24, 2.45) is 0 Å². The Labute approximate surface area is 373 Å². The Bertz CT molecular complexity index is 1210. The van der Waals surface area contributed by atoms with Crippen LogP contribution in [0.4, 0.5) is 11.4 Å². The number of halogens is 4. The van der Waals surface area contributed by atoms with E-state index in [9.17, 15) is 0 Å². The van der Waals surface area contributed by atoms with Crippen molar-refractivity contribution < 1.29 is 0 Å². The summed E-state index contributed by atoms with van der Waals surface area (Å²) in [5.41, 5.74) is 7.72. The van der Waals surface area contributed by atoms with Crippen LogP contribution in [0.15, 0.2) is 72.8 Å². The first-order valence-corrected chi connectivity index (χ1v) is 26.2. The van der Waals surface area contributed by atoms with E-state index in [1.54, 1.807) is 0 Å². The van der Waals surface area contributed by atoms with Crippen molar-refractivity contribution in [3.8, 4) is 0 Å². The standard InChI is InChI=1S/C46H64I4N2/c47-33-9-1-5-13-37-51(38-14-6-2-10-34-48)45-29-25-43(26-30-45)23-21-41-17-19-42(20-18-41)22-24-44-27-31-46(32-28-44)52(39-15-7-3-11-35-49)40-16-8-4-12-36-50/h17-32H,1-16,33-40H2. The highest BCUT2D eigenvalue weighted by Gasteiger charge is 2.08. The number of benzene rings is 3. The van der Waals surface area contributed by atoms with Gasteiger partial charge in [0, 0.05) is 37.6 Å². The van der Waals surface area contributed by atoms with Gasteiger partial charge in [0.05, 0.1) is 0 Å². The Morgan fingerprint density at radius 1 is 0.288 bits per heavy atom. The molecule has 0 atom stereocenters. The highest BCUT2D eigenvalue weighted by atomic mass is 127. The lowest BCUT2D eigenvalue weighted by Crippen LogP contribution is -2.25. The van der Waals surface area contributed by atoms with Gasteiger partial charge >= 0.3 is 0 Å². The van der Waals surface area contributed by atoms with Gasteiger partial charge in [-0.2, -0.15) is 0 Å². The third-order valence-corrected chi connectivity index (χ3v) is 12.7. The van der Waals surface area contributed by atoms with Crippen molar-refractivity contribution in [1.29, 1.82) is 0 Å². The van der Waals surface area contributed by atoms with Gasteiger partial charge < -0.3 is 9.80 Å². The van der Waals surface area contributed by atoms with E-state index in [-0.39, 0.29) is 0 Å². The van der Waals surface area contributed by atoms with Crippen molar-refractivity contribution in [1.82, 2.24) is 0 Å². The summed E-state index contributed by atoms with van der Waals surface area (Å²) in [4.78, 5) is 5.26. The summed E-state index contributed by atoms with van der Waals surface area (Å²) in [7, 11) is 0. The number of hydrogen-bond donors (Lipinski definition) is 0. The van der Waals surface area contributed by atoms with Crippen LogP contribution in [0.3, 0.4) is 0 Å². The first-order valence-electron chi connectivity index (χ1n) is 20.1. The van der Waals surface area contributed by atoms with Gasteiger partial charge in [0.1, 0.15) is 0 Å². The molecule has 0 saturated heterocycles. The van der Waals surface area contributed by atoms with Crippen LogP contribution in [0.1, 0.15) is 125 Å². The molecule has 0 unspecified atom stereocenters. The molecular formula is C46H64I4N2. The minimum absolute atomic E-state index is 1.17. The predicted octanol–water partition coefficient (Wildman–Crippen LogP) is 15.6. The number of nitrogens with zero attached hydrogens (tertiary/aromatic N) is 2. The first kappa shape index (κ1) is 46.0. The molecule has 0 heterocycles. The van der Waals surface area contributed by atoms with Gasteiger partial charge in [-0.05, 0) is 116 Å². The fraction of sp³-hybridized carbons (Fsp3) is 0.522. The van der Waals surface area contributed by atoms with Crippen LogP contribution >= 0.6 is 90.4 Å². The molecule has 0 saturated carbocycles. The van der Waals surface area contributed by atoms with Crippen LogP contribution in [0, 0.1) is 0 Å². The van der Waals surface area contributed by atoms with E-state index in [0.29, 0.717) is 0 Å². The monoisotopic (exact) mass is 1150 g/mol. The van der Waals surface area contributed by atoms with Crippen molar-refractivity contribution in [2.45, 2.75) is 103 Å². The maximum atomic E-state index is 2.63. The van der Waals surface area contributed by atoms with Gasteiger partial charge in [0.2, 0.25) is 0 Å². The summed E-state index contributed by atoms with van der Waals surface area (Å²) in [6.07, 6.45) is 30.3. The fourth-order valence-corrected chi connectivity index (χ4v) is 8.60. The van der Waals surface area contributed by atoms with Gasteiger partial charge in [-0.3, -0.25) is 0 Å². The highest BCUT2D eigenvalue weighted by molar-refractivity contribution is 14.1. The fourth-order valence-electron chi connectivity index (χ4n) is 6.44. The van der Waals surface area contributed by atoms with Crippen LogP contribution < -0.4 is 9.80 Å². The van der Waals surface area contributed by atoms with Gasteiger partial charge in [0.15, 0.2) is 0 Å². The van der Waals surface area contributed by atoms with Crippen LogP contribution in [-0.2, 0) is 0 Å². The number of unbranched alkanes of at least 4 members (excludes halogenated alkanes) is 12. The van der Waals surface area contributed by atoms with Crippen molar-refractivity contribution in [3.05, 3.63) is 95.1 Å². The molecule has 0 radical (unpaired) electrons. The quantitative estimate of drug-likeness (QED) is 0.0284. The summed E-state index contributed by atoms with van der Waals surface area (Å²) < 4.78 is 5.12. The topological polar surface area (TPSA) is 6.48 Å². The molecule has 0 bridgehead atoms. The summed E-state index contributed by atoms with van der Waals surface area (Å²) in [6.45, 7) is 4.69. The first-order chi connectivity index (χ1) is 25.7. The van der Waals surface area contributed by atoms with E-state index in [1.165, 1.54) is 180 Å². The molecule has 0 aliphatic heterocycles. The van der Waals surface area contributed by atoms with E-state index in [0.717, 1.165) is 0 Å². The maximum absolute atomic E-state index is 2.63. The Morgan fingerprint density at radius 2 is 0.500 bits per heavy atom. The Hall–Kier alpha value is -0.340. The van der Waals surface area contributed by atoms with Gasteiger partial charge in [0.25, 0.3) is 0 Å². The summed E-state index contributed by atoms with van der Waals surface area (Å²) >= 11 is 10.0. The SMILES string of the molecule is ICCCCCCN(CCCCCCI)c1ccc(C=Cc2ccc(C=Cc3ccc(N(CCCCCCI)CCCCCCI)cc3)cc2)cc1. The summed E-state index contributed by atoms with van der Waals surface area (Å²) in [5, 5.41) is 0. The van der Waals surface area contributed by atoms with E-state index < -0.39 is 0 Å². The average molecular weight is 1150 g/mol. The summed E-state index contributed by atoms with van der Waals surface area (Å²) in [5.74, 6) is 0. The summed E-state index contributed by atoms with van der Waals surface area (Å²) in [6, 6.07) is 27.4. The number of hydrogen-bond acceptors (Lipinski definition) is 2. The molecule has 0 amide bonds. The lowest BCUT2D eigenvalue weighted by atomic mass is 10.1. The van der Waals surface area contributed by atoms with Crippen molar-refractivity contribution in [3.63, 3.8) is 0 Å². The van der Waals surface area contributed by atoms with Crippen LogP contribution in [0.2, 0.25) is 0 Å².